The van der Waals surface area contributed by atoms with Crippen LogP contribution in [0.15, 0.2) is 11.6 Å². The van der Waals surface area contributed by atoms with Crippen molar-refractivity contribution in [1.82, 2.24) is 0 Å². The van der Waals surface area contributed by atoms with E-state index in [-0.39, 0.29) is 51.0 Å². The van der Waals surface area contributed by atoms with Gasteiger partial charge in [0.05, 0.1) is 18.8 Å². The fraction of sp³-hybridized carbons (Fsp3) is 0.917. The number of allylic oxidation sites excluding steroid dienone is 1. The summed E-state index contributed by atoms with van der Waals surface area (Å²) >= 11 is 0. The maximum absolute atomic E-state index is 12.7. The lowest BCUT2D eigenvalue weighted by atomic mass is 9.37. The van der Waals surface area contributed by atoms with Gasteiger partial charge in [0.1, 0.15) is 17.8 Å². The fourth-order valence-corrected chi connectivity index (χ4v) is 12.9. The van der Waals surface area contributed by atoms with Gasteiger partial charge in [-0.2, -0.15) is 0 Å². The maximum atomic E-state index is 12.7. The number of hydrogen-bond donors (Lipinski definition) is 4. The van der Waals surface area contributed by atoms with Crippen molar-refractivity contribution in [2.24, 2.45) is 50.7 Å². The highest BCUT2D eigenvalue weighted by Gasteiger charge is 2.86. The largest absolute Gasteiger partial charge is 0.459 e. The smallest absolute Gasteiger partial charge is 0.330 e. The molecule has 44 heavy (non-hydrogen) atoms. The summed E-state index contributed by atoms with van der Waals surface area (Å²) in [5.41, 5.74) is -0.902. The molecule has 0 aromatic carbocycles. The van der Waals surface area contributed by atoms with Crippen LogP contribution >= 0.6 is 0 Å². The van der Waals surface area contributed by atoms with Crippen LogP contribution in [0.25, 0.3) is 0 Å². The number of fused-ring (bicyclic) bond motifs is 3. The zero-order valence-electron chi connectivity index (χ0n) is 28.3. The Morgan fingerprint density at radius 3 is 2.41 bits per heavy atom. The Balaban J connectivity index is 1.26. The zero-order chi connectivity index (χ0) is 32.3. The molecule has 1 aliphatic heterocycles. The summed E-state index contributed by atoms with van der Waals surface area (Å²) in [6.45, 7) is 14.1. The molecule has 0 radical (unpaired) electrons. The number of aliphatic hydroxyl groups is 4. The summed E-state index contributed by atoms with van der Waals surface area (Å²) in [7, 11) is 1.66. The number of methoxy groups -OCH3 is 1. The molecule has 0 aromatic heterocycles. The summed E-state index contributed by atoms with van der Waals surface area (Å²) in [5.74, 6) is 0.834. The molecule has 0 unspecified atom stereocenters. The van der Waals surface area contributed by atoms with E-state index in [4.69, 9.17) is 14.2 Å². The normalized spacial score (nSPS) is 50.7. The Bertz CT molecular complexity index is 1180. The Morgan fingerprint density at radius 2 is 1.77 bits per heavy atom. The second-order valence-electron chi connectivity index (χ2n) is 17.4. The molecule has 0 aromatic rings. The molecule has 6 aliphatic rings. The van der Waals surface area contributed by atoms with E-state index in [9.17, 15) is 25.2 Å². The van der Waals surface area contributed by atoms with Crippen LogP contribution in [0, 0.1) is 50.7 Å². The SMILES string of the molecule is CO[C@@H]1O[C@@H]([C@H](O)[C@@](C)(O)CO)C[C@H]1[C@@H]1CC[C@]23C[C@]12CC[C@@H]1[C@@]2(C)CC[C@H](OC(=O)C=C(C)C)C(C)(C)[C@@H]2C[C@@H](O)[C@]13C. The summed E-state index contributed by atoms with van der Waals surface area (Å²) in [5, 5.41) is 43.5. The van der Waals surface area contributed by atoms with E-state index in [1.165, 1.54) is 6.92 Å². The van der Waals surface area contributed by atoms with Crippen LogP contribution in [0.2, 0.25) is 0 Å². The van der Waals surface area contributed by atoms with E-state index >= 15 is 0 Å². The molecule has 0 spiro atoms. The molecule has 8 heteroatoms. The van der Waals surface area contributed by atoms with Crippen LogP contribution in [-0.4, -0.2) is 76.4 Å². The van der Waals surface area contributed by atoms with Gasteiger partial charge in [0.15, 0.2) is 6.29 Å². The molecule has 14 atom stereocenters. The summed E-state index contributed by atoms with van der Waals surface area (Å²) in [4.78, 5) is 12.7. The van der Waals surface area contributed by atoms with Crippen molar-refractivity contribution >= 4 is 5.97 Å². The lowest BCUT2D eigenvalue weighted by Crippen LogP contribution is -2.66. The number of hydrogen-bond acceptors (Lipinski definition) is 8. The van der Waals surface area contributed by atoms with E-state index in [0.29, 0.717) is 18.3 Å². The molecule has 1 saturated heterocycles. The second kappa shape index (κ2) is 10.5. The van der Waals surface area contributed by atoms with Gasteiger partial charge in [0.2, 0.25) is 0 Å². The van der Waals surface area contributed by atoms with E-state index in [1.54, 1.807) is 13.2 Å². The zero-order valence-corrected chi connectivity index (χ0v) is 28.3. The molecule has 6 rings (SSSR count). The summed E-state index contributed by atoms with van der Waals surface area (Å²) < 4.78 is 18.2. The van der Waals surface area contributed by atoms with Crippen molar-refractivity contribution in [1.29, 1.82) is 0 Å². The first-order valence-corrected chi connectivity index (χ1v) is 17.2. The van der Waals surface area contributed by atoms with Gasteiger partial charge in [0.25, 0.3) is 0 Å². The van der Waals surface area contributed by atoms with Gasteiger partial charge in [-0.05, 0) is 113 Å². The summed E-state index contributed by atoms with van der Waals surface area (Å²) in [6.07, 6.45) is 7.35. The average Bonchev–Trinajstić information content (AvgIpc) is 3.27. The van der Waals surface area contributed by atoms with E-state index in [1.807, 2.05) is 13.8 Å². The van der Waals surface area contributed by atoms with Crippen LogP contribution in [0.3, 0.4) is 0 Å². The molecule has 250 valence electrons. The van der Waals surface area contributed by atoms with Gasteiger partial charge in [-0.3, -0.25) is 0 Å². The van der Waals surface area contributed by atoms with Gasteiger partial charge >= 0.3 is 5.97 Å². The highest BCUT2D eigenvalue weighted by Crippen LogP contribution is 2.91. The Hall–Kier alpha value is -1.03. The minimum atomic E-state index is -1.64. The quantitative estimate of drug-likeness (QED) is 0.238. The average molecular weight is 619 g/mol. The van der Waals surface area contributed by atoms with Crippen molar-refractivity contribution in [3.8, 4) is 0 Å². The molecule has 0 bridgehead atoms. The lowest BCUT2D eigenvalue weighted by molar-refractivity contribution is -0.245. The molecule has 0 amide bonds. The fourth-order valence-electron chi connectivity index (χ4n) is 12.9. The predicted octanol–water partition coefficient (Wildman–Crippen LogP) is 4.76. The molecule has 1 heterocycles. The maximum Gasteiger partial charge on any atom is 0.330 e. The van der Waals surface area contributed by atoms with E-state index in [2.05, 4.69) is 27.7 Å². The highest BCUT2D eigenvalue weighted by molar-refractivity contribution is 5.82. The van der Waals surface area contributed by atoms with Crippen LogP contribution in [0.5, 0.6) is 0 Å². The van der Waals surface area contributed by atoms with Gasteiger partial charge in [-0.1, -0.05) is 33.3 Å². The van der Waals surface area contributed by atoms with Crippen LogP contribution in [-0.2, 0) is 19.0 Å². The standard InChI is InChI=1S/C36H58O8/c1-20(2)15-28(39)44-27-11-12-32(5)24-10-13-35-18-36(35,34(24,7)26(38)17-25(32)31(27,3)4)14-9-22(35)21-16-23(43-30(21)42-8)29(40)33(6,41)19-37/h15,21-27,29-30,37-38,40-41H,9-14,16-19H2,1-8H3/t21-,22-,23+,24+,25-,26+,27-,29-,30+,32+,33-,34-,35+,36+/m0/s1. The molecule has 8 nitrogen and oxygen atoms in total. The number of carbonyl (C=O) groups excluding carboxylic acids is 1. The third-order valence-electron chi connectivity index (χ3n) is 15.0. The van der Waals surface area contributed by atoms with Gasteiger partial charge in [0, 0.05) is 29.9 Å². The van der Waals surface area contributed by atoms with Crippen molar-refractivity contribution in [3.63, 3.8) is 0 Å². The van der Waals surface area contributed by atoms with Crippen molar-refractivity contribution in [3.05, 3.63) is 11.6 Å². The monoisotopic (exact) mass is 618 g/mol. The molecule has 6 fully saturated rings. The Labute approximate surface area is 263 Å². The van der Waals surface area contributed by atoms with Crippen molar-refractivity contribution in [2.45, 2.75) is 143 Å². The number of rotatable bonds is 7. The third kappa shape index (κ3) is 4.26. The van der Waals surface area contributed by atoms with Gasteiger partial charge in [-0.15, -0.1) is 0 Å². The topological polar surface area (TPSA) is 126 Å². The second-order valence-corrected chi connectivity index (χ2v) is 17.4. The predicted molar refractivity (Wildman–Crippen MR) is 165 cm³/mol. The van der Waals surface area contributed by atoms with E-state index in [0.717, 1.165) is 56.9 Å². The van der Waals surface area contributed by atoms with Crippen LogP contribution in [0.4, 0.5) is 0 Å². The minimum Gasteiger partial charge on any atom is -0.459 e. The first-order valence-electron chi connectivity index (χ1n) is 17.2. The number of aliphatic hydroxyl groups excluding tert-OH is 3. The molecular weight excluding hydrogens is 560 g/mol. The van der Waals surface area contributed by atoms with E-state index < -0.39 is 36.8 Å². The van der Waals surface area contributed by atoms with Crippen molar-refractivity contribution < 1.29 is 39.4 Å². The molecule has 5 saturated carbocycles. The Morgan fingerprint density at radius 1 is 1.07 bits per heavy atom. The number of ether oxygens (including phenoxy) is 3. The number of carbonyl (C=O) groups is 1. The summed E-state index contributed by atoms with van der Waals surface area (Å²) in [6, 6.07) is 0. The number of esters is 1. The molecular formula is C36H58O8. The van der Waals surface area contributed by atoms with Crippen LogP contribution < -0.4 is 0 Å². The first-order chi connectivity index (χ1) is 20.4. The van der Waals surface area contributed by atoms with Gasteiger partial charge in [-0.25, -0.2) is 4.79 Å². The van der Waals surface area contributed by atoms with Gasteiger partial charge < -0.3 is 34.6 Å². The minimum absolute atomic E-state index is 0.0507. The molecule has 4 N–H and O–H groups in total. The first kappa shape index (κ1) is 32.9. The molecule has 5 aliphatic carbocycles. The highest BCUT2D eigenvalue weighted by atomic mass is 16.7. The van der Waals surface area contributed by atoms with Crippen LogP contribution in [0.1, 0.15) is 106 Å². The Kier molecular flexibility index (Phi) is 7.84. The third-order valence-corrected chi connectivity index (χ3v) is 15.0. The lowest BCUT2D eigenvalue weighted by Gasteiger charge is -2.68. The van der Waals surface area contributed by atoms with Crippen molar-refractivity contribution in [2.75, 3.05) is 13.7 Å².